The first-order valence-electron chi connectivity index (χ1n) is 6.71. The first-order chi connectivity index (χ1) is 10.4. The van der Waals surface area contributed by atoms with E-state index in [-0.39, 0.29) is 31.9 Å². The minimum Gasteiger partial charge on any atom is -0.460 e. The van der Waals surface area contributed by atoms with Crippen molar-refractivity contribution in [3.05, 3.63) is 24.0 Å². The predicted molar refractivity (Wildman–Crippen MR) is 84.1 cm³/mol. The highest BCUT2D eigenvalue weighted by Crippen LogP contribution is 2.21. The molecule has 1 amide bonds. The van der Waals surface area contributed by atoms with Crippen LogP contribution in [0.4, 0.5) is 4.79 Å². The van der Waals surface area contributed by atoms with Gasteiger partial charge in [0.05, 0.1) is 11.9 Å². The second-order valence-electron chi connectivity index (χ2n) is 4.12. The van der Waals surface area contributed by atoms with Crippen molar-refractivity contribution in [1.82, 2.24) is 5.32 Å². The zero-order chi connectivity index (χ0) is 17.0. The maximum absolute atomic E-state index is 11.4. The summed E-state index contributed by atoms with van der Waals surface area (Å²) in [6.07, 6.45) is 0.152. The summed E-state index contributed by atoms with van der Waals surface area (Å²) in [5.74, 6) is -0.994. The fourth-order valence-corrected chi connectivity index (χ4v) is 1.76. The minimum atomic E-state index is -0.684. The van der Waals surface area contributed by atoms with E-state index in [1.165, 1.54) is 6.92 Å². The van der Waals surface area contributed by atoms with Gasteiger partial charge >= 0.3 is 18.0 Å². The normalized spacial score (nSPS) is 10.1. The third kappa shape index (κ3) is 9.94. The molecule has 1 unspecified atom stereocenters. The summed E-state index contributed by atoms with van der Waals surface area (Å²) in [7, 11) is 0.335. The fourth-order valence-electron chi connectivity index (χ4n) is 1.11. The molecule has 0 heterocycles. The average Bonchev–Trinajstić information content (AvgIpc) is 2.47. The zero-order valence-corrected chi connectivity index (χ0v) is 13.9. The highest BCUT2D eigenvalue weighted by molar-refractivity contribution is 7.44. The van der Waals surface area contributed by atoms with Crippen LogP contribution in [0, 0.1) is 0 Å². The molecule has 1 atom stereocenters. The second kappa shape index (κ2) is 11.7. The maximum Gasteiger partial charge on any atom is 0.407 e. The van der Waals surface area contributed by atoms with Gasteiger partial charge in [0, 0.05) is 5.57 Å². The van der Waals surface area contributed by atoms with Crippen molar-refractivity contribution in [2.24, 2.45) is 0 Å². The fraction of sp³-hybridized carbons (Fsp3) is 0.500. The number of nitrogens with one attached hydrogen (secondary N) is 1. The molecule has 1 N–H and O–H groups in total. The van der Waals surface area contributed by atoms with Crippen LogP contribution in [0.25, 0.3) is 0 Å². The molecule has 0 aliphatic heterocycles. The van der Waals surface area contributed by atoms with Crippen LogP contribution in [-0.4, -0.2) is 50.6 Å². The first kappa shape index (κ1) is 20.1. The van der Waals surface area contributed by atoms with Crippen molar-refractivity contribution in [1.29, 1.82) is 0 Å². The Morgan fingerprint density at radius 2 is 1.59 bits per heavy atom. The van der Waals surface area contributed by atoms with Gasteiger partial charge in [-0.3, -0.25) is 0 Å². The molecule has 0 rings (SSSR count). The quantitative estimate of drug-likeness (QED) is 0.215. The highest BCUT2D eigenvalue weighted by atomic mass is 31.1. The monoisotopic (exact) mass is 331 g/mol. The lowest BCUT2D eigenvalue weighted by Crippen LogP contribution is -2.29. The smallest absolute Gasteiger partial charge is 0.407 e. The summed E-state index contributed by atoms with van der Waals surface area (Å²) in [6, 6.07) is 0. The first-order valence-corrected chi connectivity index (χ1v) is 7.92. The largest absolute Gasteiger partial charge is 0.460 e. The maximum atomic E-state index is 11.4. The van der Waals surface area contributed by atoms with Crippen LogP contribution < -0.4 is 5.32 Å². The molecule has 0 aliphatic rings. The number of carbonyl (C=O) groups is 3. The molecule has 0 saturated heterocycles. The van der Waals surface area contributed by atoms with Gasteiger partial charge in [0.1, 0.15) is 19.8 Å². The van der Waals surface area contributed by atoms with E-state index in [0.717, 1.165) is 6.16 Å². The third-order valence-corrected chi connectivity index (χ3v) is 3.12. The Morgan fingerprint density at radius 3 is 2.18 bits per heavy atom. The van der Waals surface area contributed by atoms with Gasteiger partial charge in [-0.1, -0.05) is 28.7 Å². The SMILES string of the molecule is C=C(C)C(=O)OCCNC(=O)OCCOC(=O)C(=C)PCC. The highest BCUT2D eigenvalue weighted by Gasteiger charge is 2.08. The van der Waals surface area contributed by atoms with E-state index < -0.39 is 18.0 Å². The standard InChI is InChI=1S/C14H22NO6P/c1-5-22-11(4)13(17)20-8-9-21-14(18)15-6-7-19-12(16)10(2)3/h22H,2,4-9H2,1,3H3,(H,15,18). The van der Waals surface area contributed by atoms with Crippen LogP contribution in [0.1, 0.15) is 13.8 Å². The summed E-state index contributed by atoms with van der Waals surface area (Å²) in [5.41, 5.74) is 0.287. The van der Waals surface area contributed by atoms with Gasteiger partial charge in [0.25, 0.3) is 0 Å². The molecule has 0 aliphatic carbocycles. The topological polar surface area (TPSA) is 90.9 Å². The van der Waals surface area contributed by atoms with Gasteiger partial charge in [0.15, 0.2) is 0 Å². The van der Waals surface area contributed by atoms with Crippen LogP contribution in [0.15, 0.2) is 24.0 Å². The molecule has 22 heavy (non-hydrogen) atoms. The van der Waals surface area contributed by atoms with Crippen LogP contribution in [0.5, 0.6) is 0 Å². The van der Waals surface area contributed by atoms with Crippen LogP contribution in [0.2, 0.25) is 0 Å². The zero-order valence-electron chi connectivity index (χ0n) is 12.9. The summed E-state index contributed by atoms with van der Waals surface area (Å²) < 4.78 is 14.4. The molecule has 7 nitrogen and oxygen atoms in total. The lowest BCUT2D eigenvalue weighted by atomic mass is 10.4. The number of carbonyl (C=O) groups excluding carboxylic acids is 3. The number of hydrogen-bond donors (Lipinski definition) is 1. The lowest BCUT2D eigenvalue weighted by molar-refractivity contribution is -0.139. The Kier molecular flexibility index (Phi) is 10.7. The summed E-state index contributed by atoms with van der Waals surface area (Å²) in [5, 5.41) is 2.81. The predicted octanol–water partition coefficient (Wildman–Crippen LogP) is 1.59. The number of amides is 1. The molecule has 0 aromatic rings. The number of ether oxygens (including phenoxy) is 3. The summed E-state index contributed by atoms with van der Waals surface area (Å²) >= 11 is 0. The van der Waals surface area contributed by atoms with E-state index in [9.17, 15) is 14.4 Å². The molecule has 0 aromatic heterocycles. The molecule has 0 bridgehead atoms. The Morgan fingerprint density at radius 1 is 1.00 bits per heavy atom. The van der Waals surface area contributed by atoms with Crippen molar-refractivity contribution in [3.8, 4) is 0 Å². The minimum absolute atomic E-state index is 0.0214. The number of rotatable bonds is 10. The molecule has 0 spiro atoms. The van der Waals surface area contributed by atoms with Gasteiger partial charge in [-0.2, -0.15) is 0 Å². The van der Waals surface area contributed by atoms with E-state index in [4.69, 9.17) is 14.2 Å². The molecule has 0 aromatic carbocycles. The number of esters is 2. The van der Waals surface area contributed by atoms with Crippen molar-refractivity contribution >= 4 is 26.6 Å². The average molecular weight is 331 g/mol. The third-order valence-electron chi connectivity index (χ3n) is 2.14. The van der Waals surface area contributed by atoms with Gasteiger partial charge in [-0.15, -0.1) is 0 Å². The molecule has 0 radical (unpaired) electrons. The van der Waals surface area contributed by atoms with Crippen LogP contribution in [0.3, 0.4) is 0 Å². The number of alkyl carbamates (subject to hydrolysis) is 1. The van der Waals surface area contributed by atoms with E-state index >= 15 is 0 Å². The Hall–Kier alpha value is -1.88. The van der Waals surface area contributed by atoms with Crippen LogP contribution >= 0.6 is 8.58 Å². The van der Waals surface area contributed by atoms with E-state index in [0.29, 0.717) is 13.9 Å². The van der Waals surface area contributed by atoms with Gasteiger partial charge in [0.2, 0.25) is 0 Å². The van der Waals surface area contributed by atoms with Crippen molar-refractivity contribution in [3.63, 3.8) is 0 Å². The molecular formula is C14H22NO6P. The Balaban J connectivity index is 3.62. The second-order valence-corrected chi connectivity index (χ2v) is 5.79. The molecule has 0 saturated carbocycles. The van der Waals surface area contributed by atoms with Crippen molar-refractivity contribution in [2.75, 3.05) is 32.5 Å². The van der Waals surface area contributed by atoms with Crippen molar-refractivity contribution in [2.45, 2.75) is 13.8 Å². The Bertz CT molecular complexity index is 435. The van der Waals surface area contributed by atoms with E-state index in [2.05, 4.69) is 18.5 Å². The van der Waals surface area contributed by atoms with E-state index in [1.54, 1.807) is 0 Å². The Labute approximate surface area is 131 Å². The summed E-state index contributed by atoms with van der Waals surface area (Å²) in [6.45, 7) is 10.5. The molecule has 0 fully saturated rings. The molecule has 8 heteroatoms. The molecule has 124 valence electrons. The van der Waals surface area contributed by atoms with E-state index in [1.807, 2.05) is 6.92 Å². The van der Waals surface area contributed by atoms with Gasteiger partial charge < -0.3 is 19.5 Å². The lowest BCUT2D eigenvalue weighted by Gasteiger charge is -2.09. The molecular weight excluding hydrogens is 309 g/mol. The summed E-state index contributed by atoms with van der Waals surface area (Å²) in [4.78, 5) is 33.7. The number of hydrogen-bond acceptors (Lipinski definition) is 6. The van der Waals surface area contributed by atoms with Gasteiger partial charge in [-0.25, -0.2) is 14.4 Å². The van der Waals surface area contributed by atoms with Crippen LogP contribution in [-0.2, 0) is 23.8 Å². The van der Waals surface area contributed by atoms with Gasteiger partial charge in [-0.05, 0) is 13.1 Å². The van der Waals surface area contributed by atoms with Crippen molar-refractivity contribution < 1.29 is 28.6 Å².